The summed E-state index contributed by atoms with van der Waals surface area (Å²) in [4.78, 5) is 9.09. The number of ether oxygens (including phenoxy) is 1. The molecule has 2 rings (SSSR count). The fourth-order valence-electron chi connectivity index (χ4n) is 2.21. The lowest BCUT2D eigenvalue weighted by Gasteiger charge is -2.11. The van der Waals surface area contributed by atoms with Gasteiger partial charge in [-0.25, -0.2) is 9.98 Å². The molecule has 2 N–H and O–H groups in total. The normalized spacial score (nSPS) is 11.9. The van der Waals surface area contributed by atoms with Crippen molar-refractivity contribution in [3.8, 4) is 5.75 Å². The predicted molar refractivity (Wildman–Crippen MR) is 121 cm³/mol. The van der Waals surface area contributed by atoms with Gasteiger partial charge in [0.25, 0.3) is 0 Å². The molecule has 1 heterocycles. The molecular formula is C19H26F3IN4OS. The van der Waals surface area contributed by atoms with Crippen molar-refractivity contribution in [2.24, 2.45) is 4.99 Å². The van der Waals surface area contributed by atoms with Gasteiger partial charge in [-0.3, -0.25) is 0 Å². The molecule has 0 atom stereocenters. The van der Waals surface area contributed by atoms with Gasteiger partial charge in [0.2, 0.25) is 0 Å². The van der Waals surface area contributed by atoms with Gasteiger partial charge < -0.3 is 15.4 Å². The van der Waals surface area contributed by atoms with Crippen LogP contribution in [0.1, 0.15) is 43.0 Å². The van der Waals surface area contributed by atoms with Gasteiger partial charge in [-0.05, 0) is 24.6 Å². The van der Waals surface area contributed by atoms with E-state index >= 15 is 0 Å². The van der Waals surface area contributed by atoms with Crippen LogP contribution in [0.15, 0.2) is 34.6 Å². The lowest BCUT2D eigenvalue weighted by molar-refractivity contribution is -0.153. The van der Waals surface area contributed by atoms with E-state index in [0.717, 1.165) is 16.3 Å². The second-order valence-electron chi connectivity index (χ2n) is 6.43. The number of alkyl halides is 3. The minimum absolute atomic E-state index is 0. The van der Waals surface area contributed by atoms with Gasteiger partial charge >= 0.3 is 6.18 Å². The first-order chi connectivity index (χ1) is 13.3. The Morgan fingerprint density at radius 3 is 2.45 bits per heavy atom. The Kier molecular flexibility index (Phi) is 10.7. The van der Waals surface area contributed by atoms with Crippen LogP contribution in [-0.4, -0.2) is 30.3 Å². The van der Waals surface area contributed by atoms with E-state index in [4.69, 9.17) is 4.74 Å². The molecule has 0 radical (unpaired) electrons. The highest BCUT2D eigenvalue weighted by molar-refractivity contribution is 14.0. The Morgan fingerprint density at radius 1 is 1.21 bits per heavy atom. The topological polar surface area (TPSA) is 58.5 Å². The number of hydrogen-bond donors (Lipinski definition) is 2. The molecule has 29 heavy (non-hydrogen) atoms. The van der Waals surface area contributed by atoms with E-state index in [1.54, 1.807) is 23.5 Å². The van der Waals surface area contributed by atoms with Crippen molar-refractivity contribution in [3.63, 3.8) is 0 Å². The Labute approximate surface area is 190 Å². The van der Waals surface area contributed by atoms with Crippen LogP contribution in [0.25, 0.3) is 0 Å². The zero-order valence-corrected chi connectivity index (χ0v) is 19.7. The van der Waals surface area contributed by atoms with Crippen LogP contribution in [0, 0.1) is 0 Å². The van der Waals surface area contributed by atoms with Gasteiger partial charge in [-0.2, -0.15) is 13.2 Å². The quantitative estimate of drug-likeness (QED) is 0.278. The summed E-state index contributed by atoms with van der Waals surface area (Å²) < 4.78 is 41.2. The number of nitrogens with zero attached hydrogens (tertiary/aromatic N) is 2. The third kappa shape index (κ3) is 9.66. The summed E-state index contributed by atoms with van der Waals surface area (Å²) in [6, 6.07) is 6.43. The molecule has 1 aromatic heterocycles. The number of thiazole rings is 1. The first-order valence-electron chi connectivity index (χ1n) is 9.01. The highest BCUT2D eigenvalue weighted by Crippen LogP contribution is 2.20. The van der Waals surface area contributed by atoms with Crippen LogP contribution in [0.4, 0.5) is 13.2 Å². The third-order valence-corrected chi connectivity index (χ3v) is 4.78. The first kappa shape index (κ1) is 25.5. The van der Waals surface area contributed by atoms with Crippen LogP contribution in [0.5, 0.6) is 5.75 Å². The second-order valence-corrected chi connectivity index (χ2v) is 7.32. The lowest BCUT2D eigenvalue weighted by Crippen LogP contribution is -2.36. The maximum atomic E-state index is 12.2. The number of rotatable bonds is 8. The van der Waals surface area contributed by atoms with E-state index < -0.39 is 12.8 Å². The Hall–Kier alpha value is -1.56. The van der Waals surface area contributed by atoms with Crippen molar-refractivity contribution in [2.75, 3.05) is 13.2 Å². The number of nitrogens with one attached hydrogen (secondary N) is 2. The van der Waals surface area contributed by atoms with Gasteiger partial charge in [0.05, 0.1) is 23.8 Å². The zero-order chi connectivity index (χ0) is 20.6. The molecule has 0 unspecified atom stereocenters. The smallest absolute Gasteiger partial charge is 0.422 e. The number of aliphatic imine (C=N–C) groups is 1. The molecule has 0 fully saturated rings. The molecule has 10 heteroatoms. The summed E-state index contributed by atoms with van der Waals surface area (Å²) in [7, 11) is 0. The third-order valence-electron chi connectivity index (χ3n) is 3.59. The minimum Gasteiger partial charge on any atom is -0.484 e. The average Bonchev–Trinajstić information content (AvgIpc) is 3.12. The number of guanidine groups is 1. The van der Waals surface area contributed by atoms with Gasteiger partial charge in [0.1, 0.15) is 5.75 Å². The van der Waals surface area contributed by atoms with Gasteiger partial charge in [0.15, 0.2) is 12.6 Å². The standard InChI is InChI=1S/C19H25F3N4OS.HI/c1-4-23-18(25-10-15-11-28-17(26-15)13(2)3)24-9-14-5-7-16(8-6-14)27-12-19(20,21)22;/h5-8,11,13H,4,9-10,12H2,1-3H3,(H2,23,24,25);1H. The molecule has 0 aliphatic carbocycles. The summed E-state index contributed by atoms with van der Waals surface area (Å²) in [6.07, 6.45) is -4.34. The van der Waals surface area contributed by atoms with Crippen molar-refractivity contribution in [1.29, 1.82) is 0 Å². The molecule has 0 amide bonds. The zero-order valence-electron chi connectivity index (χ0n) is 16.5. The van der Waals surface area contributed by atoms with Crippen LogP contribution in [0.2, 0.25) is 0 Å². The Bertz CT molecular complexity index is 764. The summed E-state index contributed by atoms with van der Waals surface area (Å²) >= 11 is 1.65. The summed E-state index contributed by atoms with van der Waals surface area (Å²) in [5.41, 5.74) is 1.83. The highest BCUT2D eigenvalue weighted by atomic mass is 127. The van der Waals surface area contributed by atoms with Crippen LogP contribution < -0.4 is 15.4 Å². The SMILES string of the molecule is CCNC(=NCc1ccc(OCC(F)(F)F)cc1)NCc1csc(C(C)C)n1.I. The summed E-state index contributed by atoms with van der Waals surface area (Å²) in [5.74, 6) is 1.24. The van der Waals surface area contributed by atoms with E-state index in [-0.39, 0.29) is 29.7 Å². The molecule has 0 bridgehead atoms. The number of halogens is 4. The molecule has 2 aromatic rings. The summed E-state index contributed by atoms with van der Waals surface area (Å²) in [6.45, 7) is 6.58. The summed E-state index contributed by atoms with van der Waals surface area (Å²) in [5, 5.41) is 9.54. The maximum absolute atomic E-state index is 12.2. The maximum Gasteiger partial charge on any atom is 0.422 e. The second kappa shape index (κ2) is 12.2. The fourth-order valence-corrected chi connectivity index (χ4v) is 3.05. The Balaban J connectivity index is 0.00000420. The molecular weight excluding hydrogens is 516 g/mol. The molecule has 0 spiro atoms. The molecule has 1 aromatic carbocycles. The number of hydrogen-bond acceptors (Lipinski definition) is 4. The van der Waals surface area contributed by atoms with Gasteiger partial charge in [-0.1, -0.05) is 26.0 Å². The van der Waals surface area contributed by atoms with Crippen LogP contribution in [0.3, 0.4) is 0 Å². The van der Waals surface area contributed by atoms with Crippen LogP contribution in [-0.2, 0) is 13.1 Å². The monoisotopic (exact) mass is 542 g/mol. The van der Waals surface area contributed by atoms with E-state index in [0.29, 0.717) is 31.5 Å². The molecule has 162 valence electrons. The molecule has 0 aliphatic rings. The lowest BCUT2D eigenvalue weighted by atomic mass is 10.2. The number of aromatic nitrogens is 1. The van der Waals surface area contributed by atoms with Crippen molar-refractivity contribution in [3.05, 3.63) is 45.9 Å². The van der Waals surface area contributed by atoms with Crippen molar-refractivity contribution in [2.45, 2.75) is 46.0 Å². The largest absolute Gasteiger partial charge is 0.484 e. The first-order valence-corrected chi connectivity index (χ1v) is 9.89. The Morgan fingerprint density at radius 2 is 1.90 bits per heavy atom. The van der Waals surface area contributed by atoms with Crippen molar-refractivity contribution >= 4 is 41.3 Å². The van der Waals surface area contributed by atoms with Gasteiger partial charge in [0, 0.05) is 17.8 Å². The average molecular weight is 542 g/mol. The fraction of sp³-hybridized carbons (Fsp3) is 0.474. The molecule has 0 saturated carbocycles. The predicted octanol–water partition coefficient (Wildman–Crippen LogP) is 5.08. The van der Waals surface area contributed by atoms with E-state index in [9.17, 15) is 13.2 Å². The van der Waals surface area contributed by atoms with Crippen LogP contribution >= 0.6 is 35.3 Å². The minimum atomic E-state index is -4.34. The van der Waals surface area contributed by atoms with Gasteiger partial charge in [-0.15, -0.1) is 35.3 Å². The van der Waals surface area contributed by atoms with Crippen molar-refractivity contribution in [1.82, 2.24) is 15.6 Å². The van der Waals surface area contributed by atoms with E-state index in [1.807, 2.05) is 12.3 Å². The molecule has 5 nitrogen and oxygen atoms in total. The van der Waals surface area contributed by atoms with E-state index in [1.165, 1.54) is 12.1 Å². The molecule has 0 aliphatic heterocycles. The van der Waals surface area contributed by atoms with E-state index in [2.05, 4.69) is 34.5 Å². The molecule has 0 saturated heterocycles. The van der Waals surface area contributed by atoms with Crippen molar-refractivity contribution < 1.29 is 17.9 Å². The highest BCUT2D eigenvalue weighted by Gasteiger charge is 2.28. The number of benzene rings is 1.